The fourth-order valence-corrected chi connectivity index (χ4v) is 2.39. The summed E-state index contributed by atoms with van der Waals surface area (Å²) in [7, 11) is 3.64. The minimum Gasteiger partial charge on any atom is -0.496 e. The quantitative estimate of drug-likeness (QED) is 0.881. The maximum absolute atomic E-state index is 6.12. The number of rotatable bonds is 4. The van der Waals surface area contributed by atoms with Crippen LogP contribution in [0.5, 0.6) is 5.75 Å². The third-order valence-corrected chi connectivity index (χ3v) is 3.56. The Bertz CT molecular complexity index is 463. The number of nitrogens with two attached hydrogens (primary N) is 1. The van der Waals surface area contributed by atoms with Gasteiger partial charge in [0.05, 0.1) is 7.11 Å². The summed E-state index contributed by atoms with van der Waals surface area (Å²) in [5.41, 5.74) is 6.12. The maximum Gasteiger partial charge on any atom is 0.129 e. The summed E-state index contributed by atoms with van der Waals surface area (Å²) in [4.78, 5) is 5.39. The normalized spacial score (nSPS) is 12.7. The molecule has 2 aromatic rings. The molecule has 0 aliphatic heterocycles. The minimum atomic E-state index is -0.0185. The maximum atomic E-state index is 6.12. The summed E-state index contributed by atoms with van der Waals surface area (Å²) < 4.78 is 7.13. The second-order valence-corrected chi connectivity index (χ2v) is 4.60. The number of methoxy groups -OCH3 is 1. The second kappa shape index (κ2) is 4.67. The largest absolute Gasteiger partial charge is 0.496 e. The Morgan fingerprint density at radius 2 is 2.44 bits per heavy atom. The number of nitrogens with zero attached hydrogens (tertiary/aromatic N) is 2. The third kappa shape index (κ3) is 2.25. The standard InChI is InChI=1S/C11H15N3OS/c1-14-4-3-13-11(14)6-9(12)10-5-8(15-2)7-16-10/h3-5,7,9H,6,12H2,1-2H3. The number of hydrogen-bond acceptors (Lipinski definition) is 4. The van der Waals surface area contributed by atoms with E-state index in [0.29, 0.717) is 0 Å². The fourth-order valence-electron chi connectivity index (χ4n) is 1.53. The van der Waals surface area contributed by atoms with E-state index in [4.69, 9.17) is 10.5 Å². The SMILES string of the molecule is COc1csc(C(N)Cc2nccn2C)c1. The van der Waals surface area contributed by atoms with Crippen LogP contribution in [-0.2, 0) is 13.5 Å². The van der Waals surface area contributed by atoms with Gasteiger partial charge in [0.25, 0.3) is 0 Å². The summed E-state index contributed by atoms with van der Waals surface area (Å²) in [6, 6.07) is 1.97. The molecule has 0 fully saturated rings. The van der Waals surface area contributed by atoms with Crippen molar-refractivity contribution in [3.05, 3.63) is 34.5 Å². The number of ether oxygens (including phenoxy) is 1. The van der Waals surface area contributed by atoms with Crippen LogP contribution in [0.1, 0.15) is 16.7 Å². The number of hydrogen-bond donors (Lipinski definition) is 1. The van der Waals surface area contributed by atoms with Gasteiger partial charge in [-0.15, -0.1) is 11.3 Å². The van der Waals surface area contributed by atoms with Crippen LogP contribution in [0, 0.1) is 0 Å². The van der Waals surface area contributed by atoms with Gasteiger partial charge < -0.3 is 15.0 Å². The summed E-state index contributed by atoms with van der Waals surface area (Å²) in [6.07, 6.45) is 4.46. The van der Waals surface area contributed by atoms with E-state index in [1.165, 1.54) is 0 Å². The molecule has 2 rings (SSSR count). The van der Waals surface area contributed by atoms with E-state index in [-0.39, 0.29) is 6.04 Å². The first-order chi connectivity index (χ1) is 7.70. The molecule has 4 nitrogen and oxygen atoms in total. The molecule has 0 radical (unpaired) electrons. The van der Waals surface area contributed by atoms with E-state index in [0.717, 1.165) is 22.9 Å². The molecule has 86 valence electrons. The molecule has 16 heavy (non-hydrogen) atoms. The lowest BCUT2D eigenvalue weighted by atomic mass is 10.2. The van der Waals surface area contributed by atoms with Gasteiger partial charge in [-0.1, -0.05) is 0 Å². The van der Waals surface area contributed by atoms with Crippen LogP contribution in [0.15, 0.2) is 23.8 Å². The average molecular weight is 237 g/mol. The molecule has 0 bridgehead atoms. The first-order valence-corrected chi connectivity index (χ1v) is 5.93. The molecule has 0 spiro atoms. The molecule has 1 unspecified atom stereocenters. The van der Waals surface area contributed by atoms with E-state index in [1.54, 1.807) is 24.6 Å². The summed E-state index contributed by atoms with van der Waals surface area (Å²) in [5, 5.41) is 1.97. The highest BCUT2D eigenvalue weighted by molar-refractivity contribution is 7.10. The Balaban J connectivity index is 2.08. The zero-order valence-electron chi connectivity index (χ0n) is 9.38. The van der Waals surface area contributed by atoms with Gasteiger partial charge in [-0.25, -0.2) is 4.98 Å². The minimum absolute atomic E-state index is 0.0185. The summed E-state index contributed by atoms with van der Waals surface area (Å²) in [5.74, 6) is 1.87. The first-order valence-electron chi connectivity index (χ1n) is 5.05. The lowest BCUT2D eigenvalue weighted by Gasteiger charge is -2.08. The highest BCUT2D eigenvalue weighted by Gasteiger charge is 2.12. The molecular weight excluding hydrogens is 222 g/mol. The van der Waals surface area contributed by atoms with Crippen molar-refractivity contribution in [1.82, 2.24) is 9.55 Å². The Kier molecular flexibility index (Phi) is 3.26. The van der Waals surface area contributed by atoms with Gasteiger partial charge in [-0.3, -0.25) is 0 Å². The van der Waals surface area contributed by atoms with Crippen molar-refractivity contribution in [2.45, 2.75) is 12.5 Å². The van der Waals surface area contributed by atoms with Crippen LogP contribution in [0.4, 0.5) is 0 Å². The highest BCUT2D eigenvalue weighted by atomic mass is 32.1. The van der Waals surface area contributed by atoms with Gasteiger partial charge in [0.1, 0.15) is 11.6 Å². The van der Waals surface area contributed by atoms with Gasteiger partial charge >= 0.3 is 0 Å². The van der Waals surface area contributed by atoms with Gasteiger partial charge in [0.2, 0.25) is 0 Å². The first kappa shape index (κ1) is 11.2. The fraction of sp³-hybridized carbons (Fsp3) is 0.364. The van der Waals surface area contributed by atoms with Crippen molar-refractivity contribution in [3.63, 3.8) is 0 Å². The van der Waals surface area contributed by atoms with E-state index in [9.17, 15) is 0 Å². The van der Waals surface area contributed by atoms with E-state index >= 15 is 0 Å². The van der Waals surface area contributed by atoms with Gasteiger partial charge in [0.15, 0.2) is 0 Å². The summed E-state index contributed by atoms with van der Waals surface area (Å²) >= 11 is 1.62. The molecule has 0 aliphatic carbocycles. The molecule has 0 saturated heterocycles. The van der Waals surface area contributed by atoms with Crippen molar-refractivity contribution >= 4 is 11.3 Å². The molecule has 5 heteroatoms. The summed E-state index contributed by atoms with van der Waals surface area (Å²) in [6.45, 7) is 0. The molecule has 2 N–H and O–H groups in total. The van der Waals surface area contributed by atoms with Crippen LogP contribution < -0.4 is 10.5 Å². The van der Waals surface area contributed by atoms with Crippen molar-refractivity contribution in [3.8, 4) is 5.75 Å². The zero-order valence-corrected chi connectivity index (χ0v) is 10.2. The lowest BCUT2D eigenvalue weighted by molar-refractivity contribution is 0.416. The smallest absolute Gasteiger partial charge is 0.129 e. The average Bonchev–Trinajstić information content (AvgIpc) is 2.88. The van der Waals surface area contributed by atoms with Crippen molar-refractivity contribution in [2.75, 3.05) is 7.11 Å². The number of aromatic nitrogens is 2. The molecule has 0 amide bonds. The van der Waals surface area contributed by atoms with Crippen LogP contribution in [-0.4, -0.2) is 16.7 Å². The molecule has 0 aromatic carbocycles. The Morgan fingerprint density at radius 3 is 3.00 bits per heavy atom. The van der Waals surface area contributed by atoms with Crippen LogP contribution in [0.2, 0.25) is 0 Å². The molecule has 2 heterocycles. The predicted molar refractivity (Wildman–Crippen MR) is 64.7 cm³/mol. The number of thiophene rings is 1. The van der Waals surface area contributed by atoms with Gasteiger partial charge in [0, 0.05) is 42.2 Å². The van der Waals surface area contributed by atoms with Crippen LogP contribution in [0.25, 0.3) is 0 Å². The van der Waals surface area contributed by atoms with Crippen molar-refractivity contribution in [1.29, 1.82) is 0 Å². The second-order valence-electron chi connectivity index (χ2n) is 3.65. The van der Waals surface area contributed by atoms with Crippen molar-refractivity contribution < 1.29 is 4.74 Å². The predicted octanol–water partition coefficient (Wildman–Crippen LogP) is 1.73. The number of imidazole rings is 1. The van der Waals surface area contributed by atoms with Crippen molar-refractivity contribution in [2.24, 2.45) is 12.8 Å². The Hall–Kier alpha value is -1.33. The lowest BCUT2D eigenvalue weighted by Crippen LogP contribution is -2.14. The highest BCUT2D eigenvalue weighted by Crippen LogP contribution is 2.27. The Labute approximate surface area is 98.7 Å². The molecular formula is C11H15N3OS. The van der Waals surface area contributed by atoms with Gasteiger partial charge in [-0.2, -0.15) is 0 Å². The van der Waals surface area contributed by atoms with Gasteiger partial charge in [-0.05, 0) is 6.07 Å². The monoisotopic (exact) mass is 237 g/mol. The van der Waals surface area contributed by atoms with E-state index in [1.807, 2.05) is 29.3 Å². The Morgan fingerprint density at radius 1 is 1.62 bits per heavy atom. The molecule has 1 atom stereocenters. The zero-order chi connectivity index (χ0) is 11.5. The molecule has 0 saturated carbocycles. The molecule has 0 aliphatic rings. The number of aryl methyl sites for hydroxylation is 1. The molecule has 2 aromatic heterocycles. The third-order valence-electron chi connectivity index (χ3n) is 2.52. The topological polar surface area (TPSA) is 53.1 Å². The van der Waals surface area contributed by atoms with E-state index in [2.05, 4.69) is 4.98 Å². The van der Waals surface area contributed by atoms with Crippen LogP contribution in [0.3, 0.4) is 0 Å². The van der Waals surface area contributed by atoms with Crippen LogP contribution >= 0.6 is 11.3 Å². The van der Waals surface area contributed by atoms with E-state index < -0.39 is 0 Å².